The lowest BCUT2D eigenvalue weighted by atomic mass is 10.1. The van der Waals surface area contributed by atoms with E-state index in [1.165, 1.54) is 19.3 Å². The maximum Gasteiger partial charge on any atom is 0.307 e. The maximum absolute atomic E-state index is 10.8. The van der Waals surface area contributed by atoms with Crippen LogP contribution in [0.5, 0.6) is 0 Å². The molecule has 0 aliphatic rings. The molecule has 0 aromatic carbocycles. The van der Waals surface area contributed by atoms with Gasteiger partial charge in [-0.15, -0.1) is 0 Å². The molecule has 0 spiro atoms. The van der Waals surface area contributed by atoms with E-state index < -0.39 is 11.9 Å². The van der Waals surface area contributed by atoms with Crippen molar-refractivity contribution in [2.45, 2.75) is 39.0 Å². The summed E-state index contributed by atoms with van der Waals surface area (Å²) in [5, 5.41) is 8.85. The molecule has 0 aromatic heterocycles. The van der Waals surface area contributed by atoms with Crippen molar-refractivity contribution in [2.24, 2.45) is 5.92 Å². The van der Waals surface area contributed by atoms with Crippen molar-refractivity contribution in [2.75, 3.05) is 58.6 Å². The van der Waals surface area contributed by atoms with Gasteiger partial charge in [-0.1, -0.05) is 26.2 Å². The minimum absolute atomic E-state index is 0.328. The van der Waals surface area contributed by atoms with Crippen molar-refractivity contribution >= 4 is 18.6 Å². The summed E-state index contributed by atoms with van der Waals surface area (Å²) in [7, 11) is 0. The molecule has 0 aliphatic carbocycles. The van der Waals surface area contributed by atoms with E-state index in [9.17, 15) is 4.79 Å². The fraction of sp³-hybridized carbons (Fsp3) is 0.941. The zero-order valence-corrected chi connectivity index (χ0v) is 15.8. The van der Waals surface area contributed by atoms with Crippen LogP contribution in [-0.4, -0.2) is 69.7 Å². The molecular formula is C17H34O6S. The number of hydrogen-bond donors (Lipinski definition) is 2. The van der Waals surface area contributed by atoms with Crippen LogP contribution in [0, 0.1) is 5.92 Å². The first-order valence-electron chi connectivity index (χ1n) is 8.87. The van der Waals surface area contributed by atoms with Crippen LogP contribution in [0.3, 0.4) is 0 Å². The van der Waals surface area contributed by atoms with E-state index in [0.29, 0.717) is 58.4 Å². The summed E-state index contributed by atoms with van der Waals surface area (Å²) in [5.74, 6) is -0.946. The van der Waals surface area contributed by atoms with Gasteiger partial charge in [0, 0.05) is 19.0 Å². The van der Waals surface area contributed by atoms with E-state index in [4.69, 9.17) is 24.1 Å². The Bertz CT molecular complexity index is 278. The van der Waals surface area contributed by atoms with E-state index in [1.807, 2.05) is 0 Å². The minimum atomic E-state index is -0.827. The zero-order chi connectivity index (χ0) is 17.9. The normalized spacial score (nSPS) is 12.4. The van der Waals surface area contributed by atoms with Crippen LogP contribution in [0.1, 0.15) is 39.0 Å². The summed E-state index contributed by atoms with van der Waals surface area (Å²) in [6.45, 7) is 6.64. The van der Waals surface area contributed by atoms with Gasteiger partial charge in [0.2, 0.25) is 0 Å². The summed E-state index contributed by atoms with van der Waals surface area (Å²) in [5.41, 5.74) is 0. The predicted molar refractivity (Wildman–Crippen MR) is 97.0 cm³/mol. The largest absolute Gasteiger partial charge is 0.481 e. The lowest BCUT2D eigenvalue weighted by Gasteiger charge is -2.10. The molecule has 1 N–H and O–H groups in total. The van der Waals surface area contributed by atoms with Crippen molar-refractivity contribution < 1.29 is 28.8 Å². The van der Waals surface area contributed by atoms with E-state index in [2.05, 4.69) is 19.6 Å². The summed E-state index contributed by atoms with van der Waals surface area (Å²) < 4.78 is 21.6. The molecule has 0 bridgehead atoms. The molecule has 1 unspecified atom stereocenters. The smallest absolute Gasteiger partial charge is 0.307 e. The third kappa shape index (κ3) is 16.5. The fourth-order valence-electron chi connectivity index (χ4n) is 1.91. The van der Waals surface area contributed by atoms with Crippen molar-refractivity contribution in [3.05, 3.63) is 0 Å². The Hall–Kier alpha value is -0.340. The Labute approximate surface area is 151 Å². The highest BCUT2D eigenvalue weighted by Crippen LogP contribution is 2.05. The topological polar surface area (TPSA) is 74.2 Å². The number of aliphatic carboxylic acids is 1. The van der Waals surface area contributed by atoms with Gasteiger partial charge in [0.1, 0.15) is 0 Å². The summed E-state index contributed by atoms with van der Waals surface area (Å²) >= 11 is 4.00. The van der Waals surface area contributed by atoms with E-state index in [0.717, 1.165) is 13.0 Å². The highest BCUT2D eigenvalue weighted by atomic mass is 32.1. The second-order valence-electron chi connectivity index (χ2n) is 5.52. The first-order chi connectivity index (χ1) is 11.7. The zero-order valence-electron chi connectivity index (χ0n) is 14.9. The Morgan fingerprint density at radius 3 is 1.79 bits per heavy atom. The van der Waals surface area contributed by atoms with Crippen LogP contribution < -0.4 is 0 Å². The van der Waals surface area contributed by atoms with Crippen molar-refractivity contribution in [1.29, 1.82) is 0 Å². The van der Waals surface area contributed by atoms with Gasteiger partial charge >= 0.3 is 5.97 Å². The third-order valence-electron chi connectivity index (χ3n) is 3.44. The van der Waals surface area contributed by atoms with Gasteiger partial charge in [0.15, 0.2) is 0 Å². The Morgan fingerprint density at radius 1 is 0.833 bits per heavy atom. The number of thiol groups is 1. The standard InChI is InChI=1S/C17H34O6S/c1-2-3-4-5-7-20-9-11-22-13-14-23-12-10-21-8-6-16(15-24)17(18)19/h16,24H,2-15H2,1H3,(H,18,19). The lowest BCUT2D eigenvalue weighted by Crippen LogP contribution is -2.18. The first kappa shape index (κ1) is 23.7. The number of unbranched alkanes of at least 4 members (excludes halogenated alkanes) is 3. The van der Waals surface area contributed by atoms with Gasteiger partial charge in [0.25, 0.3) is 0 Å². The molecule has 7 heteroatoms. The summed E-state index contributed by atoms with van der Waals surface area (Å²) in [6.07, 6.45) is 5.35. The molecule has 0 saturated heterocycles. The molecule has 6 nitrogen and oxygen atoms in total. The predicted octanol–water partition coefficient (Wildman–Crippen LogP) is 2.65. The van der Waals surface area contributed by atoms with Crippen LogP contribution in [0.4, 0.5) is 0 Å². The van der Waals surface area contributed by atoms with Crippen molar-refractivity contribution in [3.63, 3.8) is 0 Å². The number of carboxylic acids is 1. The molecule has 144 valence electrons. The summed E-state index contributed by atoms with van der Waals surface area (Å²) in [6, 6.07) is 0. The SMILES string of the molecule is CCCCCCOCCOCCOCCOCCC(CS)C(=O)O. The van der Waals surface area contributed by atoms with E-state index in [-0.39, 0.29) is 0 Å². The van der Waals surface area contributed by atoms with E-state index in [1.54, 1.807) is 0 Å². The lowest BCUT2D eigenvalue weighted by molar-refractivity contribution is -0.141. The monoisotopic (exact) mass is 366 g/mol. The highest BCUT2D eigenvalue weighted by Gasteiger charge is 2.14. The maximum atomic E-state index is 10.8. The quantitative estimate of drug-likeness (QED) is 0.270. The molecule has 0 rings (SSSR count). The molecule has 0 amide bonds. The fourth-order valence-corrected chi connectivity index (χ4v) is 2.25. The van der Waals surface area contributed by atoms with Gasteiger partial charge in [-0.2, -0.15) is 12.6 Å². The second kappa shape index (κ2) is 19.0. The Morgan fingerprint density at radius 2 is 1.33 bits per heavy atom. The minimum Gasteiger partial charge on any atom is -0.481 e. The molecule has 0 aromatic rings. The van der Waals surface area contributed by atoms with Crippen LogP contribution in [0.25, 0.3) is 0 Å². The Balaban J connectivity index is 3.11. The average Bonchev–Trinajstić information content (AvgIpc) is 2.57. The third-order valence-corrected chi connectivity index (χ3v) is 3.88. The molecule has 0 fully saturated rings. The van der Waals surface area contributed by atoms with Gasteiger partial charge in [-0.25, -0.2) is 0 Å². The number of hydrogen-bond acceptors (Lipinski definition) is 6. The van der Waals surface area contributed by atoms with Gasteiger partial charge in [0.05, 0.1) is 45.6 Å². The number of ether oxygens (including phenoxy) is 4. The molecule has 0 saturated carbocycles. The first-order valence-corrected chi connectivity index (χ1v) is 9.50. The molecule has 24 heavy (non-hydrogen) atoms. The van der Waals surface area contributed by atoms with Crippen LogP contribution in [0.15, 0.2) is 0 Å². The Kier molecular flexibility index (Phi) is 18.7. The number of carboxylic acid groups (broad SMARTS) is 1. The average molecular weight is 367 g/mol. The summed E-state index contributed by atoms with van der Waals surface area (Å²) in [4.78, 5) is 10.8. The van der Waals surface area contributed by atoms with Crippen LogP contribution in [-0.2, 0) is 23.7 Å². The molecular weight excluding hydrogens is 332 g/mol. The van der Waals surface area contributed by atoms with Gasteiger partial charge in [-0.05, 0) is 12.8 Å². The van der Waals surface area contributed by atoms with Gasteiger partial charge in [-0.3, -0.25) is 4.79 Å². The van der Waals surface area contributed by atoms with Crippen LogP contribution in [0.2, 0.25) is 0 Å². The highest BCUT2D eigenvalue weighted by molar-refractivity contribution is 7.80. The molecule has 0 aliphatic heterocycles. The molecule has 0 heterocycles. The number of carbonyl (C=O) groups is 1. The number of rotatable bonds is 19. The van der Waals surface area contributed by atoms with E-state index >= 15 is 0 Å². The van der Waals surface area contributed by atoms with Crippen molar-refractivity contribution in [1.82, 2.24) is 0 Å². The second-order valence-corrected chi connectivity index (χ2v) is 5.88. The van der Waals surface area contributed by atoms with Gasteiger partial charge < -0.3 is 24.1 Å². The van der Waals surface area contributed by atoms with Crippen LogP contribution >= 0.6 is 12.6 Å². The van der Waals surface area contributed by atoms with Crippen molar-refractivity contribution in [3.8, 4) is 0 Å². The molecule has 1 atom stereocenters. The molecule has 0 radical (unpaired) electrons.